The summed E-state index contributed by atoms with van der Waals surface area (Å²) in [4.78, 5) is 26.8. The maximum Gasteiger partial charge on any atom is 0.289 e. The van der Waals surface area contributed by atoms with Gasteiger partial charge in [0, 0.05) is 24.3 Å². The molecule has 5 heteroatoms. The van der Waals surface area contributed by atoms with Gasteiger partial charge in [-0.1, -0.05) is 25.1 Å². The van der Waals surface area contributed by atoms with Crippen LogP contribution in [0.5, 0.6) is 0 Å². The molecule has 142 valence electrons. The maximum atomic E-state index is 12.5. The summed E-state index contributed by atoms with van der Waals surface area (Å²) >= 11 is 0. The minimum Gasteiger partial charge on any atom is -0.459 e. The molecule has 0 unspecified atom stereocenters. The second-order valence-electron chi connectivity index (χ2n) is 6.94. The molecule has 0 fully saturated rings. The molecule has 3 aromatic rings. The lowest BCUT2D eigenvalue weighted by molar-refractivity contribution is 0.0702. The summed E-state index contributed by atoms with van der Waals surface area (Å²) in [5, 5.41) is 2.96. The number of carbonyl (C=O) groups excluding carboxylic acids is 2. The van der Waals surface area contributed by atoms with Gasteiger partial charge in [-0.15, -0.1) is 0 Å². The van der Waals surface area contributed by atoms with Crippen molar-refractivity contribution in [2.45, 2.75) is 26.3 Å². The molecule has 0 saturated heterocycles. The van der Waals surface area contributed by atoms with E-state index in [1.165, 1.54) is 17.4 Å². The van der Waals surface area contributed by atoms with E-state index in [4.69, 9.17) is 4.42 Å². The Balaban J connectivity index is 1.48. The van der Waals surface area contributed by atoms with E-state index in [1.807, 2.05) is 42.5 Å². The summed E-state index contributed by atoms with van der Waals surface area (Å²) < 4.78 is 5.23. The number of fused-ring (bicyclic) bond motifs is 1. The van der Waals surface area contributed by atoms with Crippen LogP contribution in [0.1, 0.15) is 44.5 Å². The average molecular weight is 374 g/mol. The quantitative estimate of drug-likeness (QED) is 0.741. The van der Waals surface area contributed by atoms with E-state index in [0.29, 0.717) is 24.4 Å². The van der Waals surface area contributed by atoms with Crippen molar-refractivity contribution in [3.05, 3.63) is 88.9 Å². The van der Waals surface area contributed by atoms with E-state index in [0.717, 1.165) is 24.1 Å². The number of nitrogens with one attached hydrogen (secondary N) is 1. The van der Waals surface area contributed by atoms with Gasteiger partial charge in [-0.25, -0.2) is 0 Å². The predicted molar refractivity (Wildman–Crippen MR) is 107 cm³/mol. The lowest BCUT2D eigenvalue weighted by Gasteiger charge is -2.28. The van der Waals surface area contributed by atoms with Gasteiger partial charge >= 0.3 is 0 Å². The third-order valence-electron chi connectivity index (χ3n) is 5.12. The summed E-state index contributed by atoms with van der Waals surface area (Å²) in [6.07, 6.45) is 3.24. The summed E-state index contributed by atoms with van der Waals surface area (Å²) in [7, 11) is 0. The molecule has 1 aliphatic rings. The van der Waals surface area contributed by atoms with Gasteiger partial charge in [0.05, 0.1) is 6.26 Å². The van der Waals surface area contributed by atoms with Gasteiger partial charge in [0.15, 0.2) is 5.76 Å². The molecule has 0 saturated carbocycles. The number of rotatable bonds is 4. The molecule has 2 heterocycles. The molecule has 0 atom stereocenters. The number of hydrogen-bond acceptors (Lipinski definition) is 3. The van der Waals surface area contributed by atoms with Crippen molar-refractivity contribution >= 4 is 17.5 Å². The van der Waals surface area contributed by atoms with E-state index < -0.39 is 0 Å². The van der Waals surface area contributed by atoms with Crippen LogP contribution in [0.2, 0.25) is 0 Å². The van der Waals surface area contributed by atoms with Crippen molar-refractivity contribution in [1.82, 2.24) is 4.90 Å². The highest BCUT2D eigenvalue weighted by Gasteiger charge is 2.23. The Hall–Kier alpha value is -3.34. The van der Waals surface area contributed by atoms with Gasteiger partial charge < -0.3 is 14.6 Å². The van der Waals surface area contributed by atoms with Crippen LogP contribution >= 0.6 is 0 Å². The fourth-order valence-corrected chi connectivity index (χ4v) is 3.46. The number of nitrogens with zero attached hydrogens (tertiary/aromatic N) is 1. The highest BCUT2D eigenvalue weighted by Crippen LogP contribution is 2.24. The highest BCUT2D eigenvalue weighted by atomic mass is 16.3. The Labute approximate surface area is 164 Å². The molecule has 4 rings (SSSR count). The normalized spacial score (nSPS) is 13.1. The summed E-state index contributed by atoms with van der Waals surface area (Å²) in [5.74, 6) is 0.103. The van der Waals surface area contributed by atoms with Crippen LogP contribution in [-0.2, 0) is 19.4 Å². The molecule has 2 amide bonds. The third-order valence-corrected chi connectivity index (χ3v) is 5.12. The second kappa shape index (κ2) is 7.72. The largest absolute Gasteiger partial charge is 0.459 e. The van der Waals surface area contributed by atoms with E-state index in [2.05, 4.69) is 12.2 Å². The molecular formula is C23H22N2O3. The minimum absolute atomic E-state index is 0.110. The zero-order chi connectivity index (χ0) is 19.5. The number of furan rings is 1. The van der Waals surface area contributed by atoms with E-state index in [9.17, 15) is 9.59 Å². The number of carbonyl (C=O) groups is 2. The molecule has 5 nitrogen and oxygen atoms in total. The Bertz CT molecular complexity index is 991. The first-order valence-electron chi connectivity index (χ1n) is 9.49. The maximum absolute atomic E-state index is 12.5. The van der Waals surface area contributed by atoms with Crippen LogP contribution in [-0.4, -0.2) is 23.3 Å². The lowest BCUT2D eigenvalue weighted by atomic mass is 9.98. The highest BCUT2D eigenvalue weighted by molar-refractivity contribution is 6.04. The topological polar surface area (TPSA) is 62.6 Å². The van der Waals surface area contributed by atoms with Gasteiger partial charge in [0.1, 0.15) is 0 Å². The number of benzene rings is 2. The van der Waals surface area contributed by atoms with Crippen molar-refractivity contribution in [2.24, 2.45) is 0 Å². The standard InChI is InChI=1S/C23H22N2O3/c1-2-16-5-7-18(8-6-16)22(26)24-20-10-9-17-11-12-25(15-19(17)14-20)23(27)21-4-3-13-28-21/h3-10,13-14H,2,11-12,15H2,1H3,(H,24,26). The van der Waals surface area contributed by atoms with Crippen LogP contribution in [0.3, 0.4) is 0 Å². The number of aryl methyl sites for hydroxylation is 1. The van der Waals surface area contributed by atoms with Gasteiger partial charge in [-0.3, -0.25) is 9.59 Å². The smallest absolute Gasteiger partial charge is 0.289 e. The molecule has 1 aromatic heterocycles. The fraction of sp³-hybridized carbons (Fsp3) is 0.217. The molecular weight excluding hydrogens is 352 g/mol. The van der Waals surface area contributed by atoms with Crippen LogP contribution in [0.25, 0.3) is 0 Å². The molecule has 28 heavy (non-hydrogen) atoms. The van der Waals surface area contributed by atoms with E-state index in [-0.39, 0.29) is 11.8 Å². The molecule has 0 spiro atoms. The molecule has 1 N–H and O–H groups in total. The number of hydrogen-bond donors (Lipinski definition) is 1. The third kappa shape index (κ3) is 3.69. The summed E-state index contributed by atoms with van der Waals surface area (Å²) in [6, 6.07) is 16.9. The Morgan fingerprint density at radius 3 is 2.61 bits per heavy atom. The lowest BCUT2D eigenvalue weighted by Crippen LogP contribution is -2.35. The summed E-state index contributed by atoms with van der Waals surface area (Å²) in [5.41, 5.74) is 4.81. The zero-order valence-electron chi connectivity index (χ0n) is 15.8. The van der Waals surface area contributed by atoms with E-state index in [1.54, 1.807) is 17.0 Å². The number of amides is 2. The van der Waals surface area contributed by atoms with Crippen LogP contribution in [0.4, 0.5) is 5.69 Å². The van der Waals surface area contributed by atoms with Crippen molar-refractivity contribution < 1.29 is 14.0 Å². The van der Waals surface area contributed by atoms with Gasteiger partial charge in [0.2, 0.25) is 0 Å². The summed E-state index contributed by atoms with van der Waals surface area (Å²) in [6.45, 7) is 3.24. The molecule has 2 aromatic carbocycles. The Morgan fingerprint density at radius 2 is 1.89 bits per heavy atom. The van der Waals surface area contributed by atoms with Crippen molar-refractivity contribution in [1.29, 1.82) is 0 Å². The second-order valence-corrected chi connectivity index (χ2v) is 6.94. The van der Waals surface area contributed by atoms with Gasteiger partial charge in [-0.2, -0.15) is 0 Å². The average Bonchev–Trinajstić information content (AvgIpc) is 3.27. The molecule has 0 aliphatic carbocycles. The molecule has 0 radical (unpaired) electrons. The van der Waals surface area contributed by atoms with Crippen LogP contribution < -0.4 is 5.32 Å². The van der Waals surface area contributed by atoms with Gasteiger partial charge in [-0.05, 0) is 65.9 Å². The molecule has 0 bridgehead atoms. The SMILES string of the molecule is CCc1ccc(C(=O)Nc2ccc3c(c2)CN(C(=O)c2ccco2)CC3)cc1. The van der Waals surface area contributed by atoms with Crippen molar-refractivity contribution in [2.75, 3.05) is 11.9 Å². The van der Waals surface area contributed by atoms with E-state index >= 15 is 0 Å². The molecule has 1 aliphatic heterocycles. The zero-order valence-corrected chi connectivity index (χ0v) is 15.8. The Kier molecular flexibility index (Phi) is 4.98. The van der Waals surface area contributed by atoms with Crippen molar-refractivity contribution in [3.8, 4) is 0 Å². The monoisotopic (exact) mass is 374 g/mol. The van der Waals surface area contributed by atoms with Crippen LogP contribution in [0, 0.1) is 0 Å². The predicted octanol–water partition coefficient (Wildman–Crippen LogP) is 4.29. The fourth-order valence-electron chi connectivity index (χ4n) is 3.46. The van der Waals surface area contributed by atoms with Crippen molar-refractivity contribution in [3.63, 3.8) is 0 Å². The first-order valence-corrected chi connectivity index (χ1v) is 9.49. The van der Waals surface area contributed by atoms with Gasteiger partial charge in [0.25, 0.3) is 11.8 Å². The first-order chi connectivity index (χ1) is 13.6. The minimum atomic E-state index is -0.137. The first kappa shape index (κ1) is 18.0. The Morgan fingerprint density at radius 1 is 1.07 bits per heavy atom. The van der Waals surface area contributed by atoms with Crippen LogP contribution in [0.15, 0.2) is 65.3 Å². The number of anilines is 1.